The van der Waals surface area contributed by atoms with Gasteiger partial charge in [0.1, 0.15) is 0 Å². The van der Waals surface area contributed by atoms with E-state index in [0.717, 1.165) is 29.0 Å². The van der Waals surface area contributed by atoms with Gasteiger partial charge in [-0.3, -0.25) is 14.9 Å². The Hall–Kier alpha value is -3.28. The highest BCUT2D eigenvalue weighted by molar-refractivity contribution is 7.89. The zero-order chi connectivity index (χ0) is 27.0. The number of ether oxygens (including phenoxy) is 1. The number of aliphatic hydroxyl groups is 1. The summed E-state index contributed by atoms with van der Waals surface area (Å²) in [5.41, 5.74) is 0.747. The Kier molecular flexibility index (Phi) is 7.15. The van der Waals surface area contributed by atoms with E-state index in [2.05, 4.69) is 10.0 Å². The summed E-state index contributed by atoms with van der Waals surface area (Å²) in [7, 11) is -4.02. The Morgan fingerprint density at radius 3 is 2.51 bits per heavy atom. The van der Waals surface area contributed by atoms with Crippen molar-refractivity contribution in [2.45, 2.75) is 56.0 Å². The number of nitro benzene ring substituents is 1. The summed E-state index contributed by atoms with van der Waals surface area (Å²) in [6.45, 7) is 5.16. The number of carbonyl (C=O) groups is 1. The number of nitrogens with zero attached hydrogens (tertiary/aromatic N) is 1. The summed E-state index contributed by atoms with van der Waals surface area (Å²) in [5, 5.41) is 24.7. The summed E-state index contributed by atoms with van der Waals surface area (Å²) >= 11 is 0. The lowest BCUT2D eigenvalue weighted by atomic mass is 9.63. The van der Waals surface area contributed by atoms with E-state index in [1.165, 1.54) is 12.1 Å². The molecule has 3 atom stereocenters. The topological polar surface area (TPSA) is 148 Å². The largest absolute Gasteiger partial charge is 0.465 e. The predicted molar refractivity (Wildman–Crippen MR) is 138 cm³/mol. The molecule has 0 bridgehead atoms. The second-order valence-electron chi connectivity index (χ2n) is 10.4. The van der Waals surface area contributed by atoms with Crippen molar-refractivity contribution in [3.8, 4) is 0 Å². The molecule has 2 aliphatic rings. The molecular formula is C26H31N3O7S. The van der Waals surface area contributed by atoms with Gasteiger partial charge in [-0.15, -0.1) is 0 Å². The molecule has 0 unspecified atom stereocenters. The molecule has 1 heterocycles. The van der Waals surface area contributed by atoms with E-state index < -0.39 is 37.9 Å². The van der Waals surface area contributed by atoms with Crippen molar-refractivity contribution in [1.29, 1.82) is 0 Å². The molecule has 0 saturated carbocycles. The molecule has 198 valence electrons. The molecule has 2 aromatic carbocycles. The number of nitrogens with one attached hydrogen (secondary N) is 2. The van der Waals surface area contributed by atoms with Gasteiger partial charge in [-0.1, -0.05) is 24.3 Å². The van der Waals surface area contributed by atoms with Crippen molar-refractivity contribution in [2.24, 2.45) is 5.41 Å². The Bertz CT molecular complexity index is 1330. The molecule has 2 aromatic rings. The minimum Gasteiger partial charge on any atom is -0.465 e. The first-order valence-electron chi connectivity index (χ1n) is 12.0. The number of hydrogen-bond acceptors (Lipinski definition) is 8. The monoisotopic (exact) mass is 529 g/mol. The molecule has 3 N–H and O–H groups in total. The van der Waals surface area contributed by atoms with Crippen LogP contribution < -0.4 is 10.0 Å². The van der Waals surface area contributed by atoms with Crippen molar-refractivity contribution < 1.29 is 28.0 Å². The molecule has 0 spiro atoms. The van der Waals surface area contributed by atoms with Crippen molar-refractivity contribution in [3.05, 3.63) is 75.9 Å². The molecule has 4 rings (SSSR count). The number of anilines is 1. The van der Waals surface area contributed by atoms with Gasteiger partial charge in [-0.25, -0.2) is 13.1 Å². The van der Waals surface area contributed by atoms with Crippen LogP contribution in [0.15, 0.2) is 65.1 Å². The summed E-state index contributed by atoms with van der Waals surface area (Å²) in [6.07, 6.45) is 2.50. The van der Waals surface area contributed by atoms with Gasteiger partial charge >= 0.3 is 5.97 Å². The van der Waals surface area contributed by atoms with E-state index in [-0.39, 0.29) is 29.8 Å². The standard InChI is InChI=1S/C26H31N3O7S/c1-25(2,3)24(31)36-15-14-26-17(16-30)8-13-22(23(26)27-21-7-5-4-6-20(21)26)28-37(34,35)19-11-9-18(10-12-19)29(32)33/h4-12,22-23,27-28,30H,13-16H2,1-3H3/t22-,23+,26+/m0/s1. The molecule has 11 heteroatoms. The number of sulfonamides is 1. The molecule has 1 aliphatic carbocycles. The van der Waals surface area contributed by atoms with Crippen LogP contribution in [0, 0.1) is 15.5 Å². The molecule has 0 aromatic heterocycles. The number of rotatable bonds is 8. The quantitative estimate of drug-likeness (QED) is 0.204. The Morgan fingerprint density at radius 2 is 1.89 bits per heavy atom. The summed E-state index contributed by atoms with van der Waals surface area (Å²) in [4.78, 5) is 22.7. The molecule has 1 aliphatic heterocycles. The maximum Gasteiger partial charge on any atom is 0.311 e. The van der Waals surface area contributed by atoms with Crippen molar-refractivity contribution in [3.63, 3.8) is 0 Å². The van der Waals surface area contributed by atoms with Crippen LogP contribution in [0.3, 0.4) is 0 Å². The number of aliphatic hydroxyl groups excluding tert-OH is 1. The number of para-hydroxylation sites is 1. The number of fused-ring (bicyclic) bond motifs is 3. The van der Waals surface area contributed by atoms with E-state index in [9.17, 15) is 28.4 Å². The highest BCUT2D eigenvalue weighted by Crippen LogP contribution is 2.52. The number of benzene rings is 2. The minimum atomic E-state index is -4.02. The fourth-order valence-corrected chi connectivity index (χ4v) is 6.43. The van der Waals surface area contributed by atoms with Gasteiger partial charge in [0, 0.05) is 29.3 Å². The van der Waals surface area contributed by atoms with Crippen molar-refractivity contribution in [2.75, 3.05) is 18.5 Å². The number of hydrogen-bond donors (Lipinski definition) is 3. The average molecular weight is 530 g/mol. The van der Waals surface area contributed by atoms with Crippen LogP contribution in [0.4, 0.5) is 11.4 Å². The maximum atomic E-state index is 13.3. The smallest absolute Gasteiger partial charge is 0.311 e. The Labute approximate surface area is 215 Å². The van der Waals surface area contributed by atoms with Crippen LogP contribution >= 0.6 is 0 Å². The predicted octanol–water partition coefficient (Wildman–Crippen LogP) is 3.28. The fraction of sp³-hybridized carbons (Fsp3) is 0.423. The first-order chi connectivity index (χ1) is 17.4. The second-order valence-corrected chi connectivity index (χ2v) is 12.1. The number of nitro groups is 1. The molecule has 0 fully saturated rings. The van der Waals surface area contributed by atoms with Crippen LogP contribution in [-0.2, 0) is 25.0 Å². The SMILES string of the molecule is CC(C)(C)C(=O)OCC[C@]12C(CO)=CC[C@H](NS(=O)(=O)c3ccc([N+](=O)[O-])cc3)[C@H]1Nc1ccccc12. The maximum absolute atomic E-state index is 13.3. The summed E-state index contributed by atoms with van der Waals surface area (Å²) in [5.74, 6) is -0.347. The zero-order valence-corrected chi connectivity index (χ0v) is 21.7. The summed E-state index contributed by atoms with van der Waals surface area (Å²) in [6, 6.07) is 11.2. The third-order valence-corrected chi connectivity index (χ3v) is 8.53. The van der Waals surface area contributed by atoms with Gasteiger partial charge in [0.15, 0.2) is 0 Å². The molecule has 37 heavy (non-hydrogen) atoms. The van der Waals surface area contributed by atoms with Crippen LogP contribution in [0.5, 0.6) is 0 Å². The third-order valence-electron chi connectivity index (χ3n) is 7.02. The first-order valence-corrected chi connectivity index (χ1v) is 13.5. The Balaban J connectivity index is 1.67. The molecule has 0 amide bonds. The lowest BCUT2D eigenvalue weighted by molar-refractivity contribution is -0.384. The van der Waals surface area contributed by atoms with E-state index >= 15 is 0 Å². The lowest BCUT2D eigenvalue weighted by Gasteiger charge is -2.44. The van der Waals surface area contributed by atoms with Gasteiger partial charge in [-0.05, 0) is 62.9 Å². The third kappa shape index (κ3) is 4.98. The van der Waals surface area contributed by atoms with Crippen LogP contribution in [-0.4, -0.2) is 49.7 Å². The van der Waals surface area contributed by atoms with E-state index in [1.54, 1.807) is 20.8 Å². The fourth-order valence-electron chi connectivity index (χ4n) is 5.17. The van der Waals surface area contributed by atoms with Crippen molar-refractivity contribution >= 4 is 27.4 Å². The average Bonchev–Trinajstić information content (AvgIpc) is 3.19. The van der Waals surface area contributed by atoms with Gasteiger partial charge in [-0.2, -0.15) is 0 Å². The summed E-state index contributed by atoms with van der Waals surface area (Å²) < 4.78 is 34.9. The zero-order valence-electron chi connectivity index (χ0n) is 20.9. The van der Waals surface area contributed by atoms with E-state index in [1.807, 2.05) is 30.3 Å². The van der Waals surface area contributed by atoms with Crippen LogP contribution in [0.1, 0.15) is 39.2 Å². The lowest BCUT2D eigenvalue weighted by Crippen LogP contribution is -2.57. The van der Waals surface area contributed by atoms with Gasteiger partial charge in [0.05, 0.1) is 34.5 Å². The minimum absolute atomic E-state index is 0.0851. The van der Waals surface area contributed by atoms with E-state index in [0.29, 0.717) is 12.8 Å². The van der Waals surface area contributed by atoms with Crippen LogP contribution in [0.2, 0.25) is 0 Å². The first kappa shape index (κ1) is 26.8. The second kappa shape index (κ2) is 9.88. The van der Waals surface area contributed by atoms with Gasteiger partial charge in [0.25, 0.3) is 5.69 Å². The highest BCUT2D eigenvalue weighted by atomic mass is 32.2. The molecular weight excluding hydrogens is 498 g/mol. The van der Waals surface area contributed by atoms with Gasteiger partial charge in [0.2, 0.25) is 10.0 Å². The molecule has 0 saturated heterocycles. The van der Waals surface area contributed by atoms with Crippen molar-refractivity contribution in [1.82, 2.24) is 4.72 Å². The van der Waals surface area contributed by atoms with Gasteiger partial charge < -0.3 is 15.2 Å². The van der Waals surface area contributed by atoms with Crippen LogP contribution in [0.25, 0.3) is 0 Å². The molecule has 10 nitrogen and oxygen atoms in total. The number of carbonyl (C=O) groups excluding carboxylic acids is 1. The molecule has 0 radical (unpaired) electrons. The highest BCUT2D eigenvalue weighted by Gasteiger charge is 2.54. The Morgan fingerprint density at radius 1 is 1.22 bits per heavy atom. The normalized spacial score (nSPS) is 22.9. The number of non-ortho nitro benzene ring substituents is 1. The van der Waals surface area contributed by atoms with E-state index in [4.69, 9.17) is 4.74 Å². The number of esters is 1.